The Hall–Kier alpha value is -2.75. The van der Waals surface area contributed by atoms with E-state index < -0.39 is 0 Å². The van der Waals surface area contributed by atoms with Gasteiger partial charge in [-0.3, -0.25) is 4.79 Å². The summed E-state index contributed by atoms with van der Waals surface area (Å²) in [5, 5.41) is 10.2. The molecule has 0 amide bonds. The molecule has 0 unspecified atom stereocenters. The smallest absolute Gasteiger partial charge is 0.310 e. The number of esters is 1. The fourth-order valence-corrected chi connectivity index (χ4v) is 2.53. The number of aromatic hydroxyl groups is 1. The van der Waals surface area contributed by atoms with Gasteiger partial charge < -0.3 is 14.3 Å². The van der Waals surface area contributed by atoms with Gasteiger partial charge in [0, 0.05) is 17.0 Å². The highest BCUT2D eigenvalue weighted by Crippen LogP contribution is 2.25. The van der Waals surface area contributed by atoms with Crippen LogP contribution in [0.25, 0.3) is 11.0 Å². The van der Waals surface area contributed by atoms with Gasteiger partial charge in [-0.15, -0.1) is 0 Å². The van der Waals surface area contributed by atoms with Crippen molar-refractivity contribution in [1.82, 2.24) is 0 Å². The summed E-state index contributed by atoms with van der Waals surface area (Å²) in [6.45, 7) is 4.28. The fraction of sp³-hybridized carbons (Fsp3) is 0.211. The Morgan fingerprint density at radius 3 is 2.78 bits per heavy atom. The minimum absolute atomic E-state index is 0.135. The van der Waals surface area contributed by atoms with Crippen molar-refractivity contribution in [2.24, 2.45) is 0 Å². The minimum Gasteiger partial charge on any atom is -0.508 e. The van der Waals surface area contributed by atoms with Gasteiger partial charge in [0.15, 0.2) is 0 Å². The molecule has 4 heteroatoms. The summed E-state index contributed by atoms with van der Waals surface area (Å²) < 4.78 is 10.7. The maximum atomic E-state index is 12.1. The quantitative estimate of drug-likeness (QED) is 0.739. The van der Waals surface area contributed by atoms with Crippen molar-refractivity contribution in [3.05, 3.63) is 64.9 Å². The summed E-state index contributed by atoms with van der Waals surface area (Å²) in [6, 6.07) is 10.9. The molecule has 3 aromatic rings. The maximum absolute atomic E-state index is 12.1. The Bertz CT molecular complexity index is 861. The van der Waals surface area contributed by atoms with Gasteiger partial charge in [-0.25, -0.2) is 0 Å². The first-order valence-electron chi connectivity index (χ1n) is 7.44. The summed E-state index contributed by atoms with van der Waals surface area (Å²) in [5.74, 6) is -0.169. The molecule has 0 aliphatic heterocycles. The van der Waals surface area contributed by atoms with E-state index in [9.17, 15) is 9.90 Å². The van der Waals surface area contributed by atoms with Crippen LogP contribution in [0.1, 0.15) is 22.3 Å². The third-order valence-corrected chi connectivity index (χ3v) is 3.87. The Morgan fingerprint density at radius 1 is 1.13 bits per heavy atom. The van der Waals surface area contributed by atoms with Crippen LogP contribution in [0.4, 0.5) is 0 Å². The normalized spacial score (nSPS) is 10.9. The number of fused-ring (bicyclic) bond motifs is 1. The fourth-order valence-electron chi connectivity index (χ4n) is 2.53. The molecule has 118 valence electrons. The molecule has 0 radical (unpaired) electrons. The van der Waals surface area contributed by atoms with Crippen LogP contribution in [0.2, 0.25) is 0 Å². The largest absolute Gasteiger partial charge is 0.508 e. The summed E-state index contributed by atoms with van der Waals surface area (Å²) in [4.78, 5) is 12.1. The monoisotopic (exact) mass is 310 g/mol. The number of benzene rings is 2. The number of hydrogen-bond acceptors (Lipinski definition) is 4. The number of aryl methyl sites for hydroxylation is 2. The zero-order valence-electron chi connectivity index (χ0n) is 13.1. The second-order valence-electron chi connectivity index (χ2n) is 5.71. The number of furan rings is 1. The van der Waals surface area contributed by atoms with Crippen LogP contribution in [0, 0.1) is 13.8 Å². The molecular formula is C19H18O4. The van der Waals surface area contributed by atoms with Crippen LogP contribution in [0.3, 0.4) is 0 Å². The van der Waals surface area contributed by atoms with E-state index in [1.165, 1.54) is 12.3 Å². The number of phenolic OH excluding ortho intramolecular Hbond substituents is 1. The lowest BCUT2D eigenvalue weighted by Crippen LogP contribution is -2.08. The van der Waals surface area contributed by atoms with Gasteiger partial charge in [-0.1, -0.05) is 23.8 Å². The maximum Gasteiger partial charge on any atom is 0.310 e. The summed E-state index contributed by atoms with van der Waals surface area (Å²) in [6.07, 6.45) is 1.67. The van der Waals surface area contributed by atoms with E-state index in [4.69, 9.17) is 9.15 Å². The first-order valence-corrected chi connectivity index (χ1v) is 7.44. The van der Waals surface area contributed by atoms with Crippen LogP contribution < -0.4 is 0 Å². The number of rotatable bonds is 4. The Labute approximate surface area is 134 Å². The number of carbonyl (C=O) groups excluding carboxylic acids is 1. The second kappa shape index (κ2) is 6.16. The van der Waals surface area contributed by atoms with Gasteiger partial charge in [0.25, 0.3) is 0 Å². The van der Waals surface area contributed by atoms with Gasteiger partial charge in [0.1, 0.15) is 17.9 Å². The third-order valence-electron chi connectivity index (χ3n) is 3.87. The Kier molecular flexibility index (Phi) is 4.06. The van der Waals surface area contributed by atoms with Crippen molar-refractivity contribution in [2.75, 3.05) is 0 Å². The predicted molar refractivity (Wildman–Crippen MR) is 87.3 cm³/mol. The molecule has 1 N–H and O–H groups in total. The van der Waals surface area contributed by atoms with Crippen molar-refractivity contribution in [1.29, 1.82) is 0 Å². The third kappa shape index (κ3) is 3.37. The average Bonchev–Trinajstić information content (AvgIpc) is 2.90. The first-order chi connectivity index (χ1) is 11.0. The number of ether oxygens (including phenoxy) is 1. The Morgan fingerprint density at radius 2 is 1.96 bits per heavy atom. The van der Waals surface area contributed by atoms with Gasteiger partial charge in [-0.05, 0) is 37.1 Å². The number of hydrogen-bond donors (Lipinski definition) is 1. The SMILES string of the molecule is Cc1ccc(C)c(COC(=O)Cc2coc3cc(O)ccc23)c1. The molecule has 0 atom stereocenters. The van der Waals surface area contributed by atoms with Gasteiger partial charge in [0.2, 0.25) is 0 Å². The van der Waals surface area contributed by atoms with Crippen LogP contribution in [-0.4, -0.2) is 11.1 Å². The summed E-state index contributed by atoms with van der Waals surface area (Å²) in [5.41, 5.74) is 4.57. The van der Waals surface area contributed by atoms with Crippen molar-refractivity contribution in [3.63, 3.8) is 0 Å². The van der Waals surface area contributed by atoms with Crippen molar-refractivity contribution < 1.29 is 19.1 Å². The molecule has 0 saturated heterocycles. The van der Waals surface area contributed by atoms with E-state index in [2.05, 4.69) is 0 Å². The zero-order chi connectivity index (χ0) is 16.4. The van der Waals surface area contributed by atoms with Gasteiger partial charge in [0.05, 0.1) is 12.7 Å². The molecule has 23 heavy (non-hydrogen) atoms. The van der Waals surface area contributed by atoms with Crippen molar-refractivity contribution in [2.45, 2.75) is 26.9 Å². The lowest BCUT2D eigenvalue weighted by atomic mass is 10.1. The lowest BCUT2D eigenvalue weighted by molar-refractivity contribution is -0.144. The van der Waals surface area contributed by atoms with Crippen molar-refractivity contribution in [3.8, 4) is 5.75 Å². The molecular weight excluding hydrogens is 292 g/mol. The molecule has 1 aromatic heterocycles. The van der Waals surface area contributed by atoms with Crippen molar-refractivity contribution >= 4 is 16.9 Å². The highest BCUT2D eigenvalue weighted by Gasteiger charge is 2.12. The lowest BCUT2D eigenvalue weighted by Gasteiger charge is -2.08. The molecule has 0 saturated carbocycles. The van der Waals surface area contributed by atoms with E-state index in [1.54, 1.807) is 12.1 Å². The van der Waals surface area contributed by atoms with E-state index in [0.29, 0.717) is 5.58 Å². The Balaban J connectivity index is 1.68. The highest BCUT2D eigenvalue weighted by atomic mass is 16.5. The van der Waals surface area contributed by atoms with Crippen LogP contribution in [-0.2, 0) is 22.6 Å². The number of carbonyl (C=O) groups is 1. The first kappa shape index (κ1) is 15.2. The van der Waals surface area contributed by atoms with E-state index in [1.807, 2.05) is 32.0 Å². The minimum atomic E-state index is -0.304. The summed E-state index contributed by atoms with van der Waals surface area (Å²) in [7, 11) is 0. The van der Waals surface area contributed by atoms with Crippen LogP contribution in [0.5, 0.6) is 5.75 Å². The molecule has 0 aliphatic carbocycles. The van der Waals surface area contributed by atoms with E-state index in [-0.39, 0.29) is 24.7 Å². The molecule has 4 nitrogen and oxygen atoms in total. The van der Waals surface area contributed by atoms with E-state index >= 15 is 0 Å². The van der Waals surface area contributed by atoms with Crippen LogP contribution >= 0.6 is 0 Å². The molecule has 0 fully saturated rings. The van der Waals surface area contributed by atoms with Gasteiger partial charge in [-0.2, -0.15) is 0 Å². The number of phenols is 1. The molecule has 0 bridgehead atoms. The summed E-state index contributed by atoms with van der Waals surface area (Å²) >= 11 is 0. The van der Waals surface area contributed by atoms with E-state index in [0.717, 1.165) is 27.6 Å². The molecule has 1 heterocycles. The average molecular weight is 310 g/mol. The zero-order valence-corrected chi connectivity index (χ0v) is 13.1. The molecule has 2 aromatic carbocycles. The van der Waals surface area contributed by atoms with Crippen LogP contribution in [0.15, 0.2) is 47.1 Å². The molecule has 3 rings (SSSR count). The second-order valence-corrected chi connectivity index (χ2v) is 5.71. The standard InChI is InChI=1S/C19H18O4/c1-12-3-4-13(2)14(7-12)10-23-19(21)8-15-11-22-18-9-16(20)5-6-17(15)18/h3-7,9,11,20H,8,10H2,1-2H3. The highest BCUT2D eigenvalue weighted by molar-refractivity contribution is 5.86. The predicted octanol–water partition coefficient (Wildman–Crippen LogP) is 4.04. The molecule has 0 spiro atoms. The van der Waals surface area contributed by atoms with Gasteiger partial charge >= 0.3 is 5.97 Å². The molecule has 0 aliphatic rings. The topological polar surface area (TPSA) is 59.7 Å².